The van der Waals surface area contributed by atoms with Crippen molar-refractivity contribution in [3.05, 3.63) is 72.1 Å². The number of anilines is 2. The lowest BCUT2D eigenvalue weighted by Crippen LogP contribution is -2.27. The molecule has 0 unspecified atom stereocenters. The Balaban J connectivity index is 0.00000171. The molecule has 0 radical (unpaired) electrons. The summed E-state index contributed by atoms with van der Waals surface area (Å²) in [6.45, 7) is 1.57. The Bertz CT molecular complexity index is 1060. The van der Waals surface area contributed by atoms with Crippen LogP contribution in [0.2, 0.25) is 0 Å². The third-order valence-corrected chi connectivity index (χ3v) is 4.85. The van der Waals surface area contributed by atoms with Gasteiger partial charge in [-0.15, -0.1) is 0 Å². The summed E-state index contributed by atoms with van der Waals surface area (Å²) >= 11 is 0. The van der Waals surface area contributed by atoms with Gasteiger partial charge >= 0.3 is 0 Å². The molecule has 29 heavy (non-hydrogen) atoms. The zero-order valence-corrected chi connectivity index (χ0v) is 15.8. The minimum atomic E-state index is -0.438. The number of nitrogens with two attached hydrogens (primary N) is 1. The average molecular weight is 393 g/mol. The molecule has 152 valence electrons. The van der Waals surface area contributed by atoms with Crippen molar-refractivity contribution in [2.24, 2.45) is 0 Å². The first-order chi connectivity index (χ1) is 14.1. The molecule has 1 saturated heterocycles. The number of aromatic nitrogens is 2. The van der Waals surface area contributed by atoms with Crippen molar-refractivity contribution < 1.29 is 13.9 Å². The molecule has 1 aliphatic rings. The van der Waals surface area contributed by atoms with Crippen LogP contribution < -0.4 is 11.1 Å². The summed E-state index contributed by atoms with van der Waals surface area (Å²) in [7, 11) is 0. The number of likely N-dealkylation sites (tertiary alicyclic amines) is 1. The molecule has 2 aromatic carbocycles. The van der Waals surface area contributed by atoms with Crippen molar-refractivity contribution in [2.75, 3.05) is 24.1 Å². The van der Waals surface area contributed by atoms with Gasteiger partial charge in [-0.1, -0.05) is 30.3 Å². The summed E-state index contributed by atoms with van der Waals surface area (Å²) in [6, 6.07) is 16.3. The highest BCUT2D eigenvalue weighted by Gasteiger charge is 2.20. The van der Waals surface area contributed by atoms with Gasteiger partial charge in [-0.2, -0.15) is 0 Å². The van der Waals surface area contributed by atoms with Gasteiger partial charge in [0.05, 0.1) is 11.9 Å². The van der Waals surface area contributed by atoms with Crippen LogP contribution in [0, 0.1) is 0 Å². The maximum atomic E-state index is 12.7. The zero-order chi connectivity index (χ0) is 20.2. The van der Waals surface area contributed by atoms with E-state index in [2.05, 4.69) is 15.3 Å². The lowest BCUT2D eigenvalue weighted by Gasteiger charge is -2.15. The minimum Gasteiger partial charge on any atom is -0.382 e. The van der Waals surface area contributed by atoms with Gasteiger partial charge in [0.15, 0.2) is 11.5 Å². The van der Waals surface area contributed by atoms with Gasteiger partial charge in [-0.3, -0.25) is 9.59 Å². The SMILES string of the molecule is Nc1ncc(-c2cccc(C(=O)N3CCCC3)c2)nc1C(=O)Nc1ccccc1.[HH].[HH].[HH]. The summed E-state index contributed by atoms with van der Waals surface area (Å²) in [5, 5.41) is 2.76. The number of amides is 2. The number of nitrogen functional groups attached to an aromatic ring is 1. The van der Waals surface area contributed by atoms with Crippen LogP contribution in [-0.4, -0.2) is 39.8 Å². The van der Waals surface area contributed by atoms with E-state index in [9.17, 15) is 9.59 Å². The molecule has 1 fully saturated rings. The Morgan fingerprint density at radius 1 is 1.03 bits per heavy atom. The molecule has 3 N–H and O–H groups in total. The first-order valence-electron chi connectivity index (χ1n) is 9.50. The second-order valence-electron chi connectivity index (χ2n) is 6.89. The fourth-order valence-corrected chi connectivity index (χ4v) is 3.33. The number of benzene rings is 2. The normalized spacial score (nSPS) is 13.3. The highest BCUT2D eigenvalue weighted by Crippen LogP contribution is 2.22. The summed E-state index contributed by atoms with van der Waals surface area (Å²) in [5.41, 5.74) is 8.35. The number of hydrogen-bond acceptors (Lipinski definition) is 5. The Labute approximate surface area is 173 Å². The smallest absolute Gasteiger partial charge is 0.278 e. The van der Waals surface area contributed by atoms with Gasteiger partial charge in [0, 0.05) is 34.2 Å². The third kappa shape index (κ3) is 4.08. The maximum Gasteiger partial charge on any atom is 0.278 e. The Morgan fingerprint density at radius 3 is 2.55 bits per heavy atom. The summed E-state index contributed by atoms with van der Waals surface area (Å²) in [4.78, 5) is 35.7. The van der Waals surface area contributed by atoms with Crippen molar-refractivity contribution in [1.82, 2.24) is 14.9 Å². The number of carbonyl (C=O) groups is 2. The predicted molar refractivity (Wildman–Crippen MR) is 118 cm³/mol. The van der Waals surface area contributed by atoms with Crippen LogP contribution in [0.15, 0.2) is 60.8 Å². The highest BCUT2D eigenvalue weighted by molar-refractivity contribution is 6.06. The molecule has 0 atom stereocenters. The van der Waals surface area contributed by atoms with Crippen LogP contribution in [0.1, 0.15) is 38.0 Å². The number of para-hydroxylation sites is 1. The second-order valence-corrected chi connectivity index (χ2v) is 6.89. The van der Waals surface area contributed by atoms with Crippen LogP contribution in [0.4, 0.5) is 11.5 Å². The fraction of sp³-hybridized carbons (Fsp3) is 0.182. The molecule has 0 spiro atoms. The van der Waals surface area contributed by atoms with E-state index in [4.69, 9.17) is 5.73 Å². The fourth-order valence-electron chi connectivity index (χ4n) is 3.33. The summed E-state index contributed by atoms with van der Waals surface area (Å²) in [6.07, 6.45) is 3.58. The van der Waals surface area contributed by atoms with E-state index in [-0.39, 0.29) is 21.7 Å². The summed E-state index contributed by atoms with van der Waals surface area (Å²) in [5.74, 6) is -0.381. The van der Waals surface area contributed by atoms with Gasteiger partial charge in [-0.05, 0) is 37.1 Å². The molecular weight excluding hydrogens is 366 g/mol. The minimum absolute atomic E-state index is 0. The standard InChI is InChI=1S/C22H21N5O2.3H2/c23-20-19(21(28)25-17-9-2-1-3-10-17)26-18(14-24-20)15-7-6-8-16(13-15)22(29)27-11-4-5-12-27;;;/h1-3,6-10,13-14H,4-5,11-12H2,(H2,23,24)(H,25,28);3*1H. The second kappa shape index (κ2) is 8.10. The lowest BCUT2D eigenvalue weighted by molar-refractivity contribution is 0.0792. The van der Waals surface area contributed by atoms with E-state index in [0.29, 0.717) is 22.5 Å². The molecule has 7 heteroatoms. The van der Waals surface area contributed by atoms with E-state index < -0.39 is 5.91 Å². The van der Waals surface area contributed by atoms with Crippen molar-refractivity contribution in [1.29, 1.82) is 0 Å². The zero-order valence-electron chi connectivity index (χ0n) is 15.8. The van der Waals surface area contributed by atoms with Crippen molar-refractivity contribution in [3.8, 4) is 11.3 Å². The van der Waals surface area contributed by atoms with Gasteiger partial charge in [0.1, 0.15) is 0 Å². The Hall–Kier alpha value is -3.74. The topological polar surface area (TPSA) is 101 Å². The van der Waals surface area contributed by atoms with Crippen molar-refractivity contribution in [3.63, 3.8) is 0 Å². The Kier molecular flexibility index (Phi) is 5.20. The molecule has 1 aliphatic heterocycles. The number of nitrogens with zero attached hydrogens (tertiary/aromatic N) is 3. The van der Waals surface area contributed by atoms with Crippen LogP contribution >= 0.6 is 0 Å². The molecule has 0 bridgehead atoms. The first kappa shape index (κ1) is 18.6. The molecule has 0 aliphatic carbocycles. The van der Waals surface area contributed by atoms with Crippen molar-refractivity contribution >= 4 is 23.3 Å². The number of rotatable bonds is 4. The van der Waals surface area contributed by atoms with E-state index in [1.807, 2.05) is 29.2 Å². The third-order valence-electron chi connectivity index (χ3n) is 4.85. The largest absolute Gasteiger partial charge is 0.382 e. The molecule has 1 aromatic heterocycles. The van der Waals surface area contributed by atoms with Crippen molar-refractivity contribution in [2.45, 2.75) is 12.8 Å². The van der Waals surface area contributed by atoms with E-state index in [1.165, 1.54) is 6.20 Å². The quantitative estimate of drug-likeness (QED) is 0.699. The summed E-state index contributed by atoms with van der Waals surface area (Å²) < 4.78 is 0. The maximum absolute atomic E-state index is 12.7. The van der Waals surface area contributed by atoms with Gasteiger partial charge in [0.2, 0.25) is 0 Å². The molecule has 7 nitrogen and oxygen atoms in total. The predicted octanol–water partition coefficient (Wildman–Crippen LogP) is 3.95. The molecular formula is C22H27N5O2. The van der Waals surface area contributed by atoms with Crippen LogP contribution in [-0.2, 0) is 0 Å². The monoisotopic (exact) mass is 393 g/mol. The van der Waals surface area contributed by atoms with Gasteiger partial charge < -0.3 is 16.0 Å². The van der Waals surface area contributed by atoms with Gasteiger partial charge in [-0.25, -0.2) is 9.97 Å². The van der Waals surface area contributed by atoms with E-state index >= 15 is 0 Å². The van der Waals surface area contributed by atoms with Gasteiger partial charge in [0.25, 0.3) is 11.8 Å². The first-order valence-corrected chi connectivity index (χ1v) is 9.50. The Morgan fingerprint density at radius 2 is 1.79 bits per heavy atom. The molecule has 2 amide bonds. The van der Waals surface area contributed by atoms with Crippen LogP contribution in [0.5, 0.6) is 0 Å². The average Bonchev–Trinajstić information content (AvgIpc) is 3.29. The molecule has 2 heterocycles. The lowest BCUT2D eigenvalue weighted by atomic mass is 10.1. The number of nitrogens with one attached hydrogen (secondary N) is 1. The highest BCUT2D eigenvalue weighted by atomic mass is 16.2. The molecule has 0 saturated carbocycles. The van der Waals surface area contributed by atoms with E-state index in [0.717, 1.165) is 25.9 Å². The van der Waals surface area contributed by atoms with Crippen LogP contribution in [0.25, 0.3) is 11.3 Å². The van der Waals surface area contributed by atoms with Crippen LogP contribution in [0.3, 0.4) is 0 Å². The molecule has 4 rings (SSSR count). The van der Waals surface area contributed by atoms with E-state index in [1.54, 1.807) is 30.3 Å². The molecule has 3 aromatic rings. The number of hydrogen-bond donors (Lipinski definition) is 2. The number of carbonyl (C=O) groups excluding carboxylic acids is 2.